The molecule has 0 atom stereocenters. The Labute approximate surface area is 151 Å². The zero-order chi connectivity index (χ0) is 17.9. The number of benzene rings is 3. The van der Waals surface area contributed by atoms with Crippen LogP contribution in [0.5, 0.6) is 0 Å². The highest BCUT2D eigenvalue weighted by Gasteiger charge is 2.10. The number of primary amides is 1. The number of carbonyl (C=O) groups excluding carboxylic acids is 1. The summed E-state index contributed by atoms with van der Waals surface area (Å²) in [6.45, 7) is 0. The zero-order valence-corrected chi connectivity index (χ0v) is 14.3. The molecule has 0 unspecified atom stereocenters. The van der Waals surface area contributed by atoms with Gasteiger partial charge in [0.15, 0.2) is 0 Å². The monoisotopic (exact) mass is 341 g/mol. The molecular weight excluding hydrogens is 322 g/mol. The Hall–Kier alpha value is -3.40. The molecule has 1 aromatic heterocycles. The number of hydrogen-bond donors (Lipinski definition) is 2. The minimum absolute atomic E-state index is 0.287. The summed E-state index contributed by atoms with van der Waals surface area (Å²) in [7, 11) is 0. The van der Waals surface area contributed by atoms with Crippen LogP contribution in [-0.2, 0) is 11.2 Å². The molecule has 0 aliphatic rings. The molecule has 0 spiro atoms. The third kappa shape index (κ3) is 3.22. The molecule has 4 rings (SSSR count). The van der Waals surface area contributed by atoms with Crippen LogP contribution in [0.1, 0.15) is 12.0 Å². The van der Waals surface area contributed by atoms with Crippen LogP contribution in [0.3, 0.4) is 0 Å². The molecule has 0 bridgehead atoms. The Morgan fingerprint density at radius 2 is 1.73 bits per heavy atom. The number of hydrogen-bond acceptors (Lipinski definition) is 2. The van der Waals surface area contributed by atoms with E-state index in [1.807, 2.05) is 24.4 Å². The van der Waals surface area contributed by atoms with Crippen molar-refractivity contribution in [1.82, 2.24) is 10.2 Å². The first kappa shape index (κ1) is 16.1. The Kier molecular flexibility index (Phi) is 4.23. The Bertz CT molecular complexity index is 1070. The molecule has 3 aromatic carbocycles. The molecule has 0 aliphatic heterocycles. The van der Waals surface area contributed by atoms with Gasteiger partial charge in [-0.3, -0.25) is 9.89 Å². The third-order valence-corrected chi connectivity index (χ3v) is 4.61. The quantitative estimate of drug-likeness (QED) is 0.567. The van der Waals surface area contributed by atoms with Gasteiger partial charge >= 0.3 is 0 Å². The lowest BCUT2D eigenvalue weighted by Gasteiger charge is -2.12. The van der Waals surface area contributed by atoms with Gasteiger partial charge in [-0.25, -0.2) is 0 Å². The zero-order valence-electron chi connectivity index (χ0n) is 14.3. The maximum absolute atomic E-state index is 11.3. The standard InChI is InChI=1S/C22H19N3O/c23-22(26)11-9-17-12-16(15-4-2-1-3-5-15)8-10-20(17)18-6-7-19-14-24-25-21(19)13-18/h1-8,10,12-14H,9,11H2,(H2,23,26)(H,24,25). The van der Waals surface area contributed by atoms with Crippen molar-refractivity contribution < 1.29 is 4.79 Å². The number of rotatable bonds is 5. The molecule has 4 heteroatoms. The molecule has 0 fully saturated rings. The van der Waals surface area contributed by atoms with Gasteiger partial charge in [-0.05, 0) is 40.3 Å². The molecular formula is C22H19N3O. The van der Waals surface area contributed by atoms with Gasteiger partial charge < -0.3 is 5.73 Å². The van der Waals surface area contributed by atoms with Crippen molar-refractivity contribution in [2.24, 2.45) is 5.73 Å². The second kappa shape index (κ2) is 6.84. The Morgan fingerprint density at radius 3 is 2.54 bits per heavy atom. The number of amides is 1. The van der Waals surface area contributed by atoms with Crippen LogP contribution in [0.4, 0.5) is 0 Å². The van der Waals surface area contributed by atoms with Gasteiger partial charge in [0.1, 0.15) is 0 Å². The minimum atomic E-state index is -0.287. The predicted molar refractivity (Wildman–Crippen MR) is 104 cm³/mol. The molecule has 0 saturated heterocycles. The van der Waals surface area contributed by atoms with Crippen LogP contribution in [0.25, 0.3) is 33.2 Å². The lowest BCUT2D eigenvalue weighted by atomic mass is 9.92. The fraction of sp³-hybridized carbons (Fsp3) is 0.0909. The van der Waals surface area contributed by atoms with Gasteiger partial charge in [-0.1, -0.05) is 60.7 Å². The third-order valence-electron chi connectivity index (χ3n) is 4.61. The number of nitrogens with one attached hydrogen (secondary N) is 1. The summed E-state index contributed by atoms with van der Waals surface area (Å²) in [5.74, 6) is -0.287. The normalized spacial score (nSPS) is 10.9. The van der Waals surface area contributed by atoms with Gasteiger partial charge in [0.05, 0.1) is 11.7 Å². The molecule has 26 heavy (non-hydrogen) atoms. The number of H-pyrrole nitrogens is 1. The summed E-state index contributed by atoms with van der Waals surface area (Å²) in [4.78, 5) is 11.3. The number of fused-ring (bicyclic) bond motifs is 1. The average molecular weight is 341 g/mol. The summed E-state index contributed by atoms with van der Waals surface area (Å²) in [5.41, 5.74) is 12.0. The number of aromatic nitrogens is 2. The highest BCUT2D eigenvalue weighted by atomic mass is 16.1. The molecule has 1 amide bonds. The molecule has 0 aliphatic carbocycles. The number of nitrogens with zero attached hydrogens (tertiary/aromatic N) is 1. The Morgan fingerprint density at radius 1 is 0.923 bits per heavy atom. The first-order valence-corrected chi connectivity index (χ1v) is 8.61. The largest absolute Gasteiger partial charge is 0.370 e. The molecule has 1 heterocycles. The van der Waals surface area contributed by atoms with Crippen molar-refractivity contribution >= 4 is 16.8 Å². The molecule has 4 aromatic rings. The molecule has 0 radical (unpaired) electrons. The van der Waals surface area contributed by atoms with E-state index in [9.17, 15) is 4.79 Å². The van der Waals surface area contributed by atoms with Crippen LogP contribution in [0, 0.1) is 0 Å². The molecule has 3 N–H and O–H groups in total. The van der Waals surface area contributed by atoms with Gasteiger partial charge in [0, 0.05) is 11.8 Å². The van der Waals surface area contributed by atoms with Crippen LogP contribution in [0.2, 0.25) is 0 Å². The van der Waals surface area contributed by atoms with E-state index in [1.165, 1.54) is 0 Å². The van der Waals surface area contributed by atoms with Gasteiger partial charge in [0.25, 0.3) is 0 Å². The maximum Gasteiger partial charge on any atom is 0.217 e. The van der Waals surface area contributed by atoms with E-state index in [4.69, 9.17) is 5.73 Å². The van der Waals surface area contributed by atoms with Gasteiger partial charge in [-0.2, -0.15) is 5.10 Å². The fourth-order valence-corrected chi connectivity index (χ4v) is 3.25. The number of carbonyl (C=O) groups is 1. The maximum atomic E-state index is 11.3. The SMILES string of the molecule is NC(=O)CCc1cc(-c2ccccc2)ccc1-c1ccc2cn[nH]c2c1. The topological polar surface area (TPSA) is 71.8 Å². The van der Waals surface area contributed by atoms with Crippen molar-refractivity contribution in [3.05, 3.63) is 78.5 Å². The van der Waals surface area contributed by atoms with E-state index in [-0.39, 0.29) is 5.91 Å². The van der Waals surface area contributed by atoms with E-state index in [0.29, 0.717) is 12.8 Å². The lowest BCUT2D eigenvalue weighted by molar-refractivity contribution is -0.117. The molecule has 4 nitrogen and oxygen atoms in total. The molecule has 0 saturated carbocycles. The summed E-state index contributed by atoms with van der Waals surface area (Å²) in [5, 5.41) is 8.18. The minimum Gasteiger partial charge on any atom is -0.370 e. The predicted octanol–water partition coefficient (Wildman–Crippen LogP) is 4.31. The second-order valence-electron chi connectivity index (χ2n) is 6.38. The summed E-state index contributed by atoms with van der Waals surface area (Å²) in [6.07, 6.45) is 2.76. The average Bonchev–Trinajstić information content (AvgIpc) is 3.14. The van der Waals surface area contributed by atoms with E-state index >= 15 is 0 Å². The second-order valence-corrected chi connectivity index (χ2v) is 6.38. The highest BCUT2D eigenvalue weighted by molar-refractivity contribution is 5.85. The van der Waals surface area contributed by atoms with Crippen LogP contribution < -0.4 is 5.73 Å². The van der Waals surface area contributed by atoms with Crippen LogP contribution >= 0.6 is 0 Å². The first-order valence-electron chi connectivity index (χ1n) is 8.61. The Balaban J connectivity index is 1.80. The van der Waals surface area contributed by atoms with Crippen molar-refractivity contribution in [2.75, 3.05) is 0 Å². The number of aromatic amines is 1. The summed E-state index contributed by atoms with van der Waals surface area (Å²) in [6, 6.07) is 22.9. The van der Waals surface area contributed by atoms with E-state index in [0.717, 1.165) is 38.7 Å². The van der Waals surface area contributed by atoms with Crippen LogP contribution in [0.15, 0.2) is 72.9 Å². The fourth-order valence-electron chi connectivity index (χ4n) is 3.25. The van der Waals surface area contributed by atoms with Crippen molar-refractivity contribution in [1.29, 1.82) is 0 Å². The van der Waals surface area contributed by atoms with E-state index in [2.05, 4.69) is 58.7 Å². The smallest absolute Gasteiger partial charge is 0.217 e. The highest BCUT2D eigenvalue weighted by Crippen LogP contribution is 2.31. The van der Waals surface area contributed by atoms with Crippen molar-refractivity contribution in [3.63, 3.8) is 0 Å². The van der Waals surface area contributed by atoms with E-state index < -0.39 is 0 Å². The summed E-state index contributed by atoms with van der Waals surface area (Å²) < 4.78 is 0. The van der Waals surface area contributed by atoms with Gasteiger partial charge in [-0.15, -0.1) is 0 Å². The van der Waals surface area contributed by atoms with Crippen molar-refractivity contribution in [2.45, 2.75) is 12.8 Å². The van der Waals surface area contributed by atoms with Crippen molar-refractivity contribution in [3.8, 4) is 22.3 Å². The lowest BCUT2D eigenvalue weighted by Crippen LogP contribution is -2.11. The number of aryl methyl sites for hydroxylation is 1. The number of nitrogens with two attached hydrogens (primary N) is 1. The van der Waals surface area contributed by atoms with E-state index in [1.54, 1.807) is 0 Å². The van der Waals surface area contributed by atoms with Gasteiger partial charge in [0.2, 0.25) is 5.91 Å². The van der Waals surface area contributed by atoms with Crippen LogP contribution in [-0.4, -0.2) is 16.1 Å². The molecule has 128 valence electrons. The first-order chi connectivity index (χ1) is 12.7. The summed E-state index contributed by atoms with van der Waals surface area (Å²) >= 11 is 0.